The van der Waals surface area contributed by atoms with Gasteiger partial charge in [-0.2, -0.15) is 0 Å². The van der Waals surface area contributed by atoms with Gasteiger partial charge in [-0.05, 0) is 19.1 Å². The standard InChI is InChI=1S/C10H11FO2/c1-6(12)7-2-3-9-8(10(7)11)4-5-13-9/h2-3,6,12H,4-5H2,1H3. The molecule has 70 valence electrons. The first kappa shape index (κ1) is 8.51. The van der Waals surface area contributed by atoms with E-state index in [1.165, 1.54) is 0 Å². The minimum Gasteiger partial charge on any atom is -0.493 e. The maximum atomic E-state index is 13.6. The Morgan fingerprint density at radius 2 is 2.31 bits per heavy atom. The second-order valence-electron chi connectivity index (χ2n) is 3.22. The summed E-state index contributed by atoms with van der Waals surface area (Å²) in [6.07, 6.45) is -0.159. The van der Waals surface area contributed by atoms with Crippen molar-refractivity contribution in [3.05, 3.63) is 29.1 Å². The van der Waals surface area contributed by atoms with Crippen LogP contribution in [0, 0.1) is 5.82 Å². The number of hydrogen-bond donors (Lipinski definition) is 1. The van der Waals surface area contributed by atoms with Gasteiger partial charge in [0.15, 0.2) is 0 Å². The molecule has 1 aromatic carbocycles. The Hall–Kier alpha value is -1.09. The fourth-order valence-corrected chi connectivity index (χ4v) is 1.58. The van der Waals surface area contributed by atoms with E-state index in [1.807, 2.05) is 0 Å². The molecule has 2 rings (SSSR count). The van der Waals surface area contributed by atoms with Crippen molar-refractivity contribution in [2.45, 2.75) is 19.4 Å². The Morgan fingerprint density at radius 3 is 3.00 bits per heavy atom. The zero-order valence-corrected chi connectivity index (χ0v) is 7.38. The van der Waals surface area contributed by atoms with Crippen molar-refractivity contribution in [2.75, 3.05) is 6.61 Å². The summed E-state index contributed by atoms with van der Waals surface area (Å²) in [4.78, 5) is 0. The zero-order valence-electron chi connectivity index (χ0n) is 7.38. The molecule has 2 nitrogen and oxygen atoms in total. The number of hydrogen-bond acceptors (Lipinski definition) is 2. The van der Waals surface area contributed by atoms with Gasteiger partial charge in [-0.1, -0.05) is 0 Å². The molecule has 1 unspecified atom stereocenters. The second kappa shape index (κ2) is 3.00. The summed E-state index contributed by atoms with van der Waals surface area (Å²) in [6.45, 7) is 2.09. The lowest BCUT2D eigenvalue weighted by atomic mass is 10.0. The van der Waals surface area contributed by atoms with Gasteiger partial charge in [-0.25, -0.2) is 4.39 Å². The van der Waals surface area contributed by atoms with Crippen LogP contribution in [0.1, 0.15) is 24.2 Å². The van der Waals surface area contributed by atoms with Gasteiger partial charge >= 0.3 is 0 Å². The molecule has 0 fully saturated rings. The molecule has 0 aromatic heterocycles. The number of fused-ring (bicyclic) bond motifs is 1. The van der Waals surface area contributed by atoms with Gasteiger partial charge in [-0.3, -0.25) is 0 Å². The number of aliphatic hydroxyl groups is 1. The number of rotatable bonds is 1. The SMILES string of the molecule is CC(O)c1ccc2c(c1F)CCO2. The molecule has 1 aliphatic rings. The number of benzene rings is 1. The average Bonchev–Trinajstić information content (AvgIpc) is 2.52. The molecule has 1 aromatic rings. The van der Waals surface area contributed by atoms with Gasteiger partial charge in [0, 0.05) is 17.5 Å². The molecule has 0 amide bonds. The van der Waals surface area contributed by atoms with Crippen molar-refractivity contribution in [1.29, 1.82) is 0 Å². The minimum atomic E-state index is -0.758. The van der Waals surface area contributed by atoms with E-state index in [-0.39, 0.29) is 5.82 Å². The Labute approximate surface area is 76.0 Å². The second-order valence-corrected chi connectivity index (χ2v) is 3.22. The van der Waals surface area contributed by atoms with Crippen molar-refractivity contribution in [3.8, 4) is 5.75 Å². The van der Waals surface area contributed by atoms with Crippen LogP contribution in [-0.4, -0.2) is 11.7 Å². The van der Waals surface area contributed by atoms with Crippen molar-refractivity contribution >= 4 is 0 Å². The quantitative estimate of drug-likeness (QED) is 0.717. The zero-order chi connectivity index (χ0) is 9.42. The minimum absolute atomic E-state index is 0.315. The Bertz CT molecular complexity index is 334. The highest BCUT2D eigenvalue weighted by atomic mass is 19.1. The van der Waals surface area contributed by atoms with Gasteiger partial charge in [0.2, 0.25) is 0 Å². The monoisotopic (exact) mass is 182 g/mol. The summed E-state index contributed by atoms with van der Waals surface area (Å²) in [5, 5.41) is 9.25. The number of aliphatic hydroxyl groups excluding tert-OH is 1. The van der Waals surface area contributed by atoms with Crippen LogP contribution in [0.15, 0.2) is 12.1 Å². The predicted molar refractivity (Wildman–Crippen MR) is 46.2 cm³/mol. The van der Waals surface area contributed by atoms with E-state index in [1.54, 1.807) is 19.1 Å². The summed E-state index contributed by atoms with van der Waals surface area (Å²) in [6, 6.07) is 3.29. The van der Waals surface area contributed by atoms with Crippen LogP contribution in [0.2, 0.25) is 0 Å². The highest BCUT2D eigenvalue weighted by Gasteiger charge is 2.20. The van der Waals surface area contributed by atoms with Crippen LogP contribution >= 0.6 is 0 Å². The summed E-state index contributed by atoms with van der Waals surface area (Å²) >= 11 is 0. The maximum absolute atomic E-state index is 13.6. The van der Waals surface area contributed by atoms with E-state index in [2.05, 4.69) is 0 Å². The molecule has 0 spiro atoms. The van der Waals surface area contributed by atoms with Crippen LogP contribution in [0.5, 0.6) is 5.75 Å². The fraction of sp³-hybridized carbons (Fsp3) is 0.400. The van der Waals surface area contributed by atoms with E-state index in [0.29, 0.717) is 29.9 Å². The molecule has 0 saturated carbocycles. The first-order valence-electron chi connectivity index (χ1n) is 4.32. The molecule has 0 saturated heterocycles. The summed E-state index contributed by atoms with van der Waals surface area (Å²) in [5.41, 5.74) is 0.947. The lowest BCUT2D eigenvalue weighted by Crippen LogP contribution is -1.98. The number of ether oxygens (including phenoxy) is 1. The van der Waals surface area contributed by atoms with E-state index >= 15 is 0 Å². The van der Waals surface area contributed by atoms with Gasteiger partial charge < -0.3 is 9.84 Å². The molecule has 0 bridgehead atoms. The van der Waals surface area contributed by atoms with Crippen LogP contribution in [0.3, 0.4) is 0 Å². The molecule has 1 heterocycles. The summed E-state index contributed by atoms with van der Waals surface area (Å²) < 4.78 is 18.8. The predicted octanol–water partition coefficient (Wildman–Crippen LogP) is 1.81. The third kappa shape index (κ3) is 1.29. The van der Waals surface area contributed by atoms with Crippen LogP contribution in [0.4, 0.5) is 4.39 Å². The lowest BCUT2D eigenvalue weighted by Gasteiger charge is -2.08. The Balaban J connectivity index is 2.52. The van der Waals surface area contributed by atoms with Gasteiger partial charge in [-0.15, -0.1) is 0 Å². The van der Waals surface area contributed by atoms with Crippen molar-refractivity contribution in [3.63, 3.8) is 0 Å². The molecule has 1 atom stereocenters. The van der Waals surface area contributed by atoms with Crippen molar-refractivity contribution in [1.82, 2.24) is 0 Å². The molecule has 13 heavy (non-hydrogen) atoms. The first-order chi connectivity index (χ1) is 6.20. The molecule has 1 aliphatic heterocycles. The van der Waals surface area contributed by atoms with E-state index in [0.717, 1.165) is 0 Å². The largest absolute Gasteiger partial charge is 0.493 e. The maximum Gasteiger partial charge on any atom is 0.136 e. The summed E-state index contributed by atoms with van der Waals surface area (Å²) in [5.74, 6) is 0.298. The average molecular weight is 182 g/mol. The molecule has 1 N–H and O–H groups in total. The van der Waals surface area contributed by atoms with Crippen LogP contribution < -0.4 is 4.74 Å². The van der Waals surface area contributed by atoms with E-state index in [9.17, 15) is 9.50 Å². The van der Waals surface area contributed by atoms with Gasteiger partial charge in [0.1, 0.15) is 11.6 Å². The smallest absolute Gasteiger partial charge is 0.136 e. The van der Waals surface area contributed by atoms with Crippen molar-refractivity contribution < 1.29 is 14.2 Å². The van der Waals surface area contributed by atoms with Crippen LogP contribution in [0.25, 0.3) is 0 Å². The van der Waals surface area contributed by atoms with Gasteiger partial charge in [0.25, 0.3) is 0 Å². The molecular weight excluding hydrogens is 171 g/mol. The fourth-order valence-electron chi connectivity index (χ4n) is 1.58. The molecule has 0 aliphatic carbocycles. The van der Waals surface area contributed by atoms with Gasteiger partial charge in [0.05, 0.1) is 12.7 Å². The van der Waals surface area contributed by atoms with Crippen molar-refractivity contribution in [2.24, 2.45) is 0 Å². The Morgan fingerprint density at radius 1 is 1.54 bits per heavy atom. The topological polar surface area (TPSA) is 29.5 Å². The normalized spacial score (nSPS) is 16.5. The van der Waals surface area contributed by atoms with E-state index < -0.39 is 6.10 Å². The first-order valence-corrected chi connectivity index (χ1v) is 4.32. The third-order valence-electron chi connectivity index (χ3n) is 2.29. The highest BCUT2D eigenvalue weighted by molar-refractivity contribution is 5.41. The molecule has 0 radical (unpaired) electrons. The molecule has 3 heteroatoms. The molecular formula is C10H11FO2. The lowest BCUT2D eigenvalue weighted by molar-refractivity contribution is 0.194. The van der Waals surface area contributed by atoms with Crippen LogP contribution in [-0.2, 0) is 6.42 Å². The highest BCUT2D eigenvalue weighted by Crippen LogP contribution is 2.31. The van der Waals surface area contributed by atoms with E-state index in [4.69, 9.17) is 4.74 Å². The summed E-state index contributed by atoms with van der Waals surface area (Å²) in [7, 11) is 0. The Kier molecular flexibility index (Phi) is 1.96. The third-order valence-corrected chi connectivity index (χ3v) is 2.29. The number of halogens is 1.